The summed E-state index contributed by atoms with van der Waals surface area (Å²) in [5, 5.41) is 7.83. The monoisotopic (exact) mass is 189 g/mol. The second-order valence-corrected chi connectivity index (χ2v) is 3.35. The smallest absolute Gasteiger partial charge is 0.221 e. The molecule has 0 amide bonds. The first-order valence-electron chi connectivity index (χ1n) is 4.46. The van der Waals surface area contributed by atoms with Crippen LogP contribution in [0, 0.1) is 0 Å². The number of anilines is 1. The third-order valence-electron chi connectivity index (χ3n) is 2.28. The van der Waals surface area contributed by atoms with Gasteiger partial charge in [-0.2, -0.15) is 5.10 Å². The van der Waals surface area contributed by atoms with Gasteiger partial charge in [-0.1, -0.05) is 0 Å². The van der Waals surface area contributed by atoms with E-state index in [1.165, 1.54) is 0 Å². The fraction of sp³-hybridized carbons (Fsp3) is 0.250. The Kier molecular flexibility index (Phi) is 2.13. The number of nitrogens with zero attached hydrogens (tertiary/aromatic N) is 3. The normalized spacial score (nSPS) is 13.0. The van der Waals surface area contributed by atoms with Crippen LogP contribution < -0.4 is 10.5 Å². The van der Waals surface area contributed by atoms with E-state index in [0.29, 0.717) is 0 Å². The standard InChI is InChI=1S/C8H12BN5/c1-5(10)14(9)8-2-6-3-12-13-7(6)4-11-8/h2-5H,9-10H2,1H3,(H,12,13). The van der Waals surface area contributed by atoms with Crippen LogP contribution in [0.25, 0.3) is 10.9 Å². The third kappa shape index (κ3) is 1.44. The predicted octanol–water partition coefficient (Wildman–Crippen LogP) is -0.383. The molecule has 6 heteroatoms. The largest absolute Gasteiger partial charge is 0.393 e. The molecule has 2 rings (SSSR count). The molecule has 5 nitrogen and oxygen atoms in total. The van der Waals surface area contributed by atoms with Crippen LogP contribution in [0.15, 0.2) is 18.5 Å². The molecule has 0 aliphatic heterocycles. The van der Waals surface area contributed by atoms with Crippen LogP contribution in [0.1, 0.15) is 6.92 Å². The van der Waals surface area contributed by atoms with Crippen molar-refractivity contribution in [1.82, 2.24) is 15.2 Å². The fourth-order valence-corrected chi connectivity index (χ4v) is 1.23. The topological polar surface area (TPSA) is 70.8 Å². The molecule has 72 valence electrons. The zero-order chi connectivity index (χ0) is 10.1. The molecule has 0 saturated heterocycles. The van der Waals surface area contributed by atoms with Crippen LogP contribution in [-0.2, 0) is 0 Å². The molecular weight excluding hydrogens is 177 g/mol. The van der Waals surface area contributed by atoms with E-state index in [9.17, 15) is 0 Å². The molecule has 1 atom stereocenters. The molecule has 0 aromatic carbocycles. The summed E-state index contributed by atoms with van der Waals surface area (Å²) < 4.78 is 0. The summed E-state index contributed by atoms with van der Waals surface area (Å²) in [5.41, 5.74) is 6.69. The van der Waals surface area contributed by atoms with Crippen LogP contribution in [0.4, 0.5) is 5.82 Å². The molecule has 2 aromatic heterocycles. The zero-order valence-electron chi connectivity index (χ0n) is 8.23. The number of rotatable bonds is 2. The first-order chi connectivity index (χ1) is 6.68. The Balaban J connectivity index is 2.43. The summed E-state index contributed by atoms with van der Waals surface area (Å²) in [6.45, 7) is 1.92. The Morgan fingerprint density at radius 3 is 3.07 bits per heavy atom. The Morgan fingerprint density at radius 2 is 2.36 bits per heavy atom. The van der Waals surface area contributed by atoms with Gasteiger partial charge in [-0.05, 0) is 13.0 Å². The molecule has 2 heterocycles. The summed E-state index contributed by atoms with van der Waals surface area (Å²) in [7, 11) is 1.92. The number of aromatic nitrogens is 3. The second kappa shape index (κ2) is 3.30. The van der Waals surface area contributed by atoms with Crippen molar-refractivity contribution in [3.8, 4) is 0 Å². The fourth-order valence-electron chi connectivity index (χ4n) is 1.23. The maximum atomic E-state index is 5.75. The van der Waals surface area contributed by atoms with Gasteiger partial charge in [-0.3, -0.25) is 5.10 Å². The lowest BCUT2D eigenvalue weighted by Crippen LogP contribution is -2.38. The average molecular weight is 189 g/mol. The van der Waals surface area contributed by atoms with Crippen LogP contribution in [-0.4, -0.2) is 29.3 Å². The van der Waals surface area contributed by atoms with Crippen molar-refractivity contribution in [2.75, 3.05) is 4.81 Å². The molecule has 0 saturated carbocycles. The Bertz CT molecular complexity index is 438. The number of fused-ring (bicyclic) bond motifs is 1. The lowest BCUT2D eigenvalue weighted by molar-refractivity contribution is 0.778. The highest BCUT2D eigenvalue weighted by Gasteiger charge is 2.07. The SMILES string of the molecule is BN(c1cc2cn[nH]c2cn1)C(C)N. The number of pyridine rings is 1. The van der Waals surface area contributed by atoms with E-state index >= 15 is 0 Å². The van der Waals surface area contributed by atoms with Crippen molar-refractivity contribution in [3.05, 3.63) is 18.5 Å². The number of hydrogen-bond acceptors (Lipinski definition) is 4. The van der Waals surface area contributed by atoms with Gasteiger partial charge >= 0.3 is 0 Å². The molecular formula is C8H12BN5. The van der Waals surface area contributed by atoms with Crippen molar-refractivity contribution in [1.29, 1.82) is 0 Å². The first-order valence-corrected chi connectivity index (χ1v) is 4.46. The highest BCUT2D eigenvalue weighted by molar-refractivity contribution is 6.17. The molecule has 2 aromatic rings. The van der Waals surface area contributed by atoms with Gasteiger partial charge in [0.25, 0.3) is 0 Å². The van der Waals surface area contributed by atoms with Crippen molar-refractivity contribution >= 4 is 24.7 Å². The van der Waals surface area contributed by atoms with E-state index in [1.54, 1.807) is 12.4 Å². The lowest BCUT2D eigenvalue weighted by atomic mass is 10.2. The molecule has 0 fully saturated rings. The first kappa shape index (κ1) is 9.02. The van der Waals surface area contributed by atoms with Gasteiger partial charge in [-0.25, -0.2) is 4.98 Å². The quantitative estimate of drug-likeness (QED) is 0.498. The van der Waals surface area contributed by atoms with Crippen LogP contribution in [0.5, 0.6) is 0 Å². The van der Waals surface area contributed by atoms with Crippen LogP contribution in [0.2, 0.25) is 0 Å². The Hall–Kier alpha value is -1.56. The van der Waals surface area contributed by atoms with Crippen LogP contribution >= 0.6 is 0 Å². The zero-order valence-corrected chi connectivity index (χ0v) is 8.23. The van der Waals surface area contributed by atoms with Gasteiger partial charge in [0.15, 0.2) is 0 Å². The maximum Gasteiger partial charge on any atom is 0.221 e. The van der Waals surface area contributed by atoms with E-state index < -0.39 is 0 Å². The van der Waals surface area contributed by atoms with Gasteiger partial charge < -0.3 is 10.5 Å². The Morgan fingerprint density at radius 1 is 1.57 bits per heavy atom. The second-order valence-electron chi connectivity index (χ2n) is 3.35. The van der Waals surface area contributed by atoms with Crippen molar-refractivity contribution in [2.24, 2.45) is 5.73 Å². The molecule has 0 spiro atoms. The van der Waals surface area contributed by atoms with E-state index in [0.717, 1.165) is 16.7 Å². The third-order valence-corrected chi connectivity index (χ3v) is 2.28. The number of hydrogen-bond donors (Lipinski definition) is 2. The summed E-state index contributed by atoms with van der Waals surface area (Å²) in [6, 6.07) is 1.96. The number of aromatic amines is 1. The van der Waals surface area contributed by atoms with Crippen LogP contribution in [0.3, 0.4) is 0 Å². The van der Waals surface area contributed by atoms with Crippen molar-refractivity contribution in [2.45, 2.75) is 13.1 Å². The minimum Gasteiger partial charge on any atom is -0.393 e. The van der Waals surface area contributed by atoms with E-state index in [-0.39, 0.29) is 6.17 Å². The summed E-state index contributed by atoms with van der Waals surface area (Å²) in [6.07, 6.45) is 3.48. The van der Waals surface area contributed by atoms with Crippen molar-refractivity contribution in [3.63, 3.8) is 0 Å². The van der Waals surface area contributed by atoms with Gasteiger partial charge in [0.2, 0.25) is 7.98 Å². The number of H-pyrrole nitrogens is 1. The maximum absolute atomic E-state index is 5.75. The highest BCUT2D eigenvalue weighted by Crippen LogP contribution is 2.16. The number of nitrogens with one attached hydrogen (secondary N) is 1. The summed E-state index contributed by atoms with van der Waals surface area (Å²) in [4.78, 5) is 6.18. The molecule has 0 radical (unpaired) electrons. The van der Waals surface area contributed by atoms with E-state index in [1.807, 2.05) is 25.8 Å². The highest BCUT2D eigenvalue weighted by atomic mass is 15.2. The molecule has 0 aliphatic rings. The van der Waals surface area contributed by atoms with Crippen molar-refractivity contribution < 1.29 is 0 Å². The Labute approximate surface area is 82.7 Å². The van der Waals surface area contributed by atoms with E-state index in [2.05, 4.69) is 15.2 Å². The molecule has 1 unspecified atom stereocenters. The minimum absolute atomic E-state index is 0.0492. The molecule has 0 aliphatic carbocycles. The summed E-state index contributed by atoms with van der Waals surface area (Å²) >= 11 is 0. The lowest BCUT2D eigenvalue weighted by Gasteiger charge is -2.22. The number of nitrogens with two attached hydrogens (primary N) is 1. The van der Waals surface area contributed by atoms with Gasteiger partial charge in [0.05, 0.1) is 24.1 Å². The summed E-state index contributed by atoms with van der Waals surface area (Å²) in [5.74, 6) is 0.855. The van der Waals surface area contributed by atoms with Gasteiger partial charge in [0.1, 0.15) is 5.82 Å². The molecule has 3 N–H and O–H groups in total. The van der Waals surface area contributed by atoms with Gasteiger partial charge in [0, 0.05) is 5.39 Å². The average Bonchev–Trinajstić information content (AvgIpc) is 2.62. The molecule has 14 heavy (non-hydrogen) atoms. The predicted molar refractivity (Wildman–Crippen MR) is 58.6 cm³/mol. The van der Waals surface area contributed by atoms with E-state index in [4.69, 9.17) is 5.73 Å². The molecule has 0 bridgehead atoms. The van der Waals surface area contributed by atoms with Gasteiger partial charge in [-0.15, -0.1) is 0 Å². The minimum atomic E-state index is -0.0492.